The summed E-state index contributed by atoms with van der Waals surface area (Å²) in [5, 5.41) is 0.510. The van der Waals surface area contributed by atoms with Gasteiger partial charge in [-0.3, -0.25) is 14.5 Å². The van der Waals surface area contributed by atoms with Gasteiger partial charge in [0, 0.05) is 23.6 Å². The van der Waals surface area contributed by atoms with Crippen LogP contribution in [0, 0.1) is 0 Å². The van der Waals surface area contributed by atoms with Crippen molar-refractivity contribution in [3.63, 3.8) is 0 Å². The van der Waals surface area contributed by atoms with Gasteiger partial charge in [-0.15, -0.1) is 0 Å². The summed E-state index contributed by atoms with van der Waals surface area (Å²) in [6.45, 7) is 0.518. The molecule has 0 atom stereocenters. The topological polar surface area (TPSA) is 37.4 Å². The van der Waals surface area contributed by atoms with Crippen LogP contribution in [0.3, 0.4) is 0 Å². The maximum absolute atomic E-state index is 12.0. The first kappa shape index (κ1) is 11.1. The van der Waals surface area contributed by atoms with Gasteiger partial charge in [0.25, 0.3) is 5.91 Å². The molecule has 84 valence electrons. The fraction of sp³-hybridized carbons (Fsp3) is 0.333. The van der Waals surface area contributed by atoms with Crippen LogP contribution in [-0.2, 0) is 4.79 Å². The van der Waals surface area contributed by atoms with Crippen molar-refractivity contribution in [1.82, 2.24) is 4.90 Å². The molecule has 0 aliphatic carbocycles. The lowest BCUT2D eigenvalue weighted by atomic mass is 10.1. The highest BCUT2D eigenvalue weighted by Crippen LogP contribution is 2.17. The van der Waals surface area contributed by atoms with Crippen molar-refractivity contribution in [1.29, 1.82) is 0 Å². The first-order valence-corrected chi connectivity index (χ1v) is 5.66. The molecule has 1 aromatic rings. The Kier molecular flexibility index (Phi) is 3.25. The van der Waals surface area contributed by atoms with Crippen molar-refractivity contribution in [2.24, 2.45) is 0 Å². The van der Waals surface area contributed by atoms with Crippen LogP contribution >= 0.6 is 11.6 Å². The summed E-state index contributed by atoms with van der Waals surface area (Å²) in [6.07, 6.45) is 2.22. The minimum absolute atomic E-state index is 0.0868. The van der Waals surface area contributed by atoms with Crippen LogP contribution in [0.2, 0.25) is 5.02 Å². The molecule has 0 aromatic heterocycles. The van der Waals surface area contributed by atoms with E-state index in [-0.39, 0.29) is 11.8 Å². The average Bonchev–Trinajstić information content (AvgIpc) is 2.29. The lowest BCUT2D eigenvalue weighted by Gasteiger charge is -2.24. The highest BCUT2D eigenvalue weighted by molar-refractivity contribution is 6.31. The smallest absolute Gasteiger partial charge is 0.260 e. The maximum atomic E-state index is 12.0. The first-order valence-electron chi connectivity index (χ1n) is 5.29. The van der Waals surface area contributed by atoms with E-state index in [0.29, 0.717) is 23.6 Å². The van der Waals surface area contributed by atoms with E-state index in [2.05, 4.69) is 0 Å². The van der Waals surface area contributed by atoms with Gasteiger partial charge >= 0.3 is 0 Å². The first-order chi connectivity index (χ1) is 7.68. The normalized spacial score (nSPS) is 16.3. The highest BCUT2D eigenvalue weighted by Gasteiger charge is 2.25. The Hall–Kier alpha value is -1.35. The van der Waals surface area contributed by atoms with Crippen LogP contribution < -0.4 is 0 Å². The minimum Gasteiger partial charge on any atom is -0.279 e. The second kappa shape index (κ2) is 4.66. The minimum atomic E-state index is -0.243. The lowest BCUT2D eigenvalue weighted by Crippen LogP contribution is -2.40. The Bertz CT molecular complexity index is 431. The molecule has 1 aliphatic rings. The summed E-state index contributed by atoms with van der Waals surface area (Å²) in [5.74, 6) is -0.330. The van der Waals surface area contributed by atoms with Gasteiger partial charge in [-0.25, -0.2) is 0 Å². The number of halogens is 1. The van der Waals surface area contributed by atoms with E-state index < -0.39 is 0 Å². The van der Waals surface area contributed by atoms with Crippen LogP contribution in [0.15, 0.2) is 24.3 Å². The third-order valence-corrected chi connectivity index (χ3v) is 2.88. The number of nitrogens with zero attached hydrogens (tertiary/aromatic N) is 1. The van der Waals surface area contributed by atoms with Crippen LogP contribution in [0.4, 0.5) is 0 Å². The Morgan fingerprint density at radius 1 is 1.31 bits per heavy atom. The Morgan fingerprint density at radius 2 is 2.12 bits per heavy atom. The molecule has 0 spiro atoms. The molecule has 0 unspecified atom stereocenters. The molecular weight excluding hydrogens is 226 g/mol. The van der Waals surface area contributed by atoms with Crippen LogP contribution in [0.1, 0.15) is 29.6 Å². The van der Waals surface area contributed by atoms with Gasteiger partial charge in [-0.1, -0.05) is 17.7 Å². The summed E-state index contributed by atoms with van der Waals surface area (Å²) < 4.78 is 0. The fourth-order valence-electron chi connectivity index (χ4n) is 1.80. The van der Waals surface area contributed by atoms with Gasteiger partial charge in [0.1, 0.15) is 0 Å². The van der Waals surface area contributed by atoms with Gasteiger partial charge in [-0.05, 0) is 31.0 Å². The molecule has 0 N–H and O–H groups in total. The van der Waals surface area contributed by atoms with E-state index >= 15 is 0 Å². The summed E-state index contributed by atoms with van der Waals surface area (Å²) in [5.41, 5.74) is 0.475. The standard InChI is InChI=1S/C12H12ClNO2/c13-10-5-3-4-9(8-10)12(16)14-7-2-1-6-11(14)15/h3-5,8H,1-2,6-7H2. The number of piperidine rings is 1. The second-order valence-corrected chi connectivity index (χ2v) is 4.25. The van der Waals surface area contributed by atoms with Gasteiger partial charge in [0.05, 0.1) is 0 Å². The molecular formula is C12H12ClNO2. The molecule has 16 heavy (non-hydrogen) atoms. The lowest BCUT2D eigenvalue weighted by molar-refractivity contribution is -0.130. The number of likely N-dealkylation sites (tertiary alicyclic amines) is 1. The van der Waals surface area contributed by atoms with Crippen molar-refractivity contribution < 1.29 is 9.59 Å². The van der Waals surface area contributed by atoms with Crippen molar-refractivity contribution >= 4 is 23.4 Å². The largest absolute Gasteiger partial charge is 0.279 e. The molecule has 0 bridgehead atoms. The molecule has 0 saturated carbocycles. The number of hydrogen-bond acceptors (Lipinski definition) is 2. The van der Waals surface area contributed by atoms with E-state index in [9.17, 15) is 9.59 Å². The van der Waals surface area contributed by atoms with Gasteiger partial charge in [-0.2, -0.15) is 0 Å². The third-order valence-electron chi connectivity index (χ3n) is 2.64. The third kappa shape index (κ3) is 2.25. The Morgan fingerprint density at radius 3 is 2.81 bits per heavy atom. The number of amides is 2. The zero-order valence-corrected chi connectivity index (χ0v) is 9.54. The van der Waals surface area contributed by atoms with Crippen molar-refractivity contribution in [3.8, 4) is 0 Å². The molecule has 3 nitrogen and oxygen atoms in total. The molecule has 1 aliphatic heterocycles. The number of benzene rings is 1. The number of imide groups is 1. The van der Waals surface area contributed by atoms with Gasteiger partial charge < -0.3 is 0 Å². The number of hydrogen-bond donors (Lipinski definition) is 0. The van der Waals surface area contributed by atoms with Crippen molar-refractivity contribution in [2.45, 2.75) is 19.3 Å². The summed E-state index contributed by atoms with van der Waals surface area (Å²) >= 11 is 5.81. The SMILES string of the molecule is O=C1CCCCN1C(=O)c1cccc(Cl)c1. The molecule has 1 fully saturated rings. The van der Waals surface area contributed by atoms with Crippen LogP contribution in [-0.4, -0.2) is 23.3 Å². The second-order valence-electron chi connectivity index (χ2n) is 3.82. The molecule has 2 rings (SSSR count). The van der Waals surface area contributed by atoms with Crippen molar-refractivity contribution in [3.05, 3.63) is 34.9 Å². The predicted molar refractivity (Wildman–Crippen MR) is 61.3 cm³/mol. The molecule has 0 radical (unpaired) electrons. The monoisotopic (exact) mass is 237 g/mol. The van der Waals surface area contributed by atoms with Crippen LogP contribution in [0.5, 0.6) is 0 Å². The van der Waals surface area contributed by atoms with E-state index in [0.717, 1.165) is 12.8 Å². The summed E-state index contributed by atoms with van der Waals surface area (Å²) in [4.78, 5) is 24.9. The molecule has 1 aromatic carbocycles. The maximum Gasteiger partial charge on any atom is 0.260 e. The molecule has 1 heterocycles. The fourth-order valence-corrected chi connectivity index (χ4v) is 1.99. The summed E-state index contributed by atoms with van der Waals surface area (Å²) in [7, 11) is 0. The zero-order chi connectivity index (χ0) is 11.5. The predicted octanol–water partition coefficient (Wildman–Crippen LogP) is 2.49. The van der Waals surface area contributed by atoms with Crippen molar-refractivity contribution in [2.75, 3.05) is 6.54 Å². The van der Waals surface area contributed by atoms with E-state index in [1.54, 1.807) is 24.3 Å². The Balaban J connectivity index is 2.21. The van der Waals surface area contributed by atoms with E-state index in [1.165, 1.54) is 4.90 Å². The quantitative estimate of drug-likeness (QED) is 0.704. The van der Waals surface area contributed by atoms with Gasteiger partial charge in [0.15, 0.2) is 0 Å². The number of carbonyl (C=O) groups excluding carboxylic acids is 2. The van der Waals surface area contributed by atoms with E-state index in [4.69, 9.17) is 11.6 Å². The molecule has 1 saturated heterocycles. The van der Waals surface area contributed by atoms with E-state index in [1.807, 2.05) is 0 Å². The molecule has 2 amide bonds. The summed E-state index contributed by atoms with van der Waals surface area (Å²) in [6, 6.07) is 6.68. The zero-order valence-electron chi connectivity index (χ0n) is 8.78. The highest BCUT2D eigenvalue weighted by atomic mass is 35.5. The molecule has 4 heteroatoms. The van der Waals surface area contributed by atoms with Crippen LogP contribution in [0.25, 0.3) is 0 Å². The average molecular weight is 238 g/mol. The number of rotatable bonds is 1. The van der Waals surface area contributed by atoms with Gasteiger partial charge in [0.2, 0.25) is 5.91 Å². The Labute approximate surface area is 99.0 Å². The number of carbonyl (C=O) groups is 2.